The normalized spacial score (nSPS) is 16.8. The van der Waals surface area contributed by atoms with Gasteiger partial charge in [-0.15, -0.1) is 0 Å². The first kappa shape index (κ1) is 16.3. The average Bonchev–Trinajstić information content (AvgIpc) is 2.50. The quantitative estimate of drug-likeness (QED) is 0.370. The summed E-state index contributed by atoms with van der Waals surface area (Å²) in [6.07, 6.45) is -6.86. The highest BCUT2D eigenvalue weighted by Crippen LogP contribution is 2.04. The number of aldehydes is 1. The van der Waals surface area contributed by atoms with Crippen molar-refractivity contribution in [2.45, 2.75) is 24.4 Å². The van der Waals surface area contributed by atoms with E-state index in [0.29, 0.717) is 5.56 Å². The Kier molecular flexibility index (Phi) is 6.26. The molecule has 0 saturated carbocycles. The standard InChI is InChI=1S/C13H17NO6/c15-7-10(17)12(19)11(18)9(16)6-14-13(20)8-4-2-1-3-5-8/h1-5,7,9-12,16-19H,6H2,(H,14,20)/t9-,10+,11+,12-/m1/s1. The van der Waals surface area contributed by atoms with E-state index in [0.717, 1.165) is 0 Å². The van der Waals surface area contributed by atoms with Crippen molar-refractivity contribution >= 4 is 12.2 Å². The van der Waals surface area contributed by atoms with Crippen molar-refractivity contribution in [3.63, 3.8) is 0 Å². The fourth-order valence-electron chi connectivity index (χ4n) is 1.52. The monoisotopic (exact) mass is 283 g/mol. The smallest absolute Gasteiger partial charge is 0.251 e. The number of amides is 1. The number of nitrogens with one attached hydrogen (secondary N) is 1. The summed E-state index contributed by atoms with van der Waals surface area (Å²) in [5, 5.41) is 39.8. The number of carbonyl (C=O) groups excluding carboxylic acids is 2. The minimum Gasteiger partial charge on any atom is -0.388 e. The van der Waals surface area contributed by atoms with E-state index in [1.165, 1.54) is 0 Å². The lowest BCUT2D eigenvalue weighted by Crippen LogP contribution is -2.49. The van der Waals surface area contributed by atoms with Gasteiger partial charge in [-0.2, -0.15) is 0 Å². The molecule has 0 fully saturated rings. The van der Waals surface area contributed by atoms with Crippen molar-refractivity contribution in [2.75, 3.05) is 6.54 Å². The molecule has 0 aliphatic heterocycles. The van der Waals surface area contributed by atoms with Gasteiger partial charge in [-0.1, -0.05) is 18.2 Å². The van der Waals surface area contributed by atoms with Crippen LogP contribution in [0, 0.1) is 0 Å². The van der Waals surface area contributed by atoms with Crippen LogP contribution in [0.25, 0.3) is 0 Å². The second-order valence-electron chi connectivity index (χ2n) is 4.25. The Morgan fingerprint density at radius 1 is 1.10 bits per heavy atom. The van der Waals surface area contributed by atoms with Crippen molar-refractivity contribution in [2.24, 2.45) is 0 Å². The molecule has 0 bridgehead atoms. The molecule has 0 unspecified atom stereocenters. The second kappa shape index (κ2) is 7.71. The minimum atomic E-state index is -1.82. The molecule has 0 saturated heterocycles. The summed E-state index contributed by atoms with van der Waals surface area (Å²) in [4.78, 5) is 21.9. The second-order valence-corrected chi connectivity index (χ2v) is 4.25. The SMILES string of the molecule is O=C[C@H](O)[C@@H](O)[C@@H](O)[C@H](O)CNC(=O)c1ccccc1. The van der Waals surface area contributed by atoms with Crippen LogP contribution in [0.1, 0.15) is 10.4 Å². The van der Waals surface area contributed by atoms with E-state index in [9.17, 15) is 24.9 Å². The maximum atomic E-state index is 11.7. The van der Waals surface area contributed by atoms with Crippen LogP contribution in [-0.4, -0.2) is 63.6 Å². The molecule has 0 aromatic heterocycles. The molecule has 1 amide bonds. The molecule has 0 aliphatic rings. The first-order valence-electron chi connectivity index (χ1n) is 5.98. The van der Waals surface area contributed by atoms with Gasteiger partial charge in [-0.3, -0.25) is 4.79 Å². The highest BCUT2D eigenvalue weighted by molar-refractivity contribution is 5.94. The molecule has 110 valence electrons. The molecule has 1 rings (SSSR count). The molecule has 0 spiro atoms. The van der Waals surface area contributed by atoms with Crippen LogP contribution in [0.5, 0.6) is 0 Å². The highest BCUT2D eigenvalue weighted by atomic mass is 16.4. The van der Waals surface area contributed by atoms with Gasteiger partial charge in [0, 0.05) is 12.1 Å². The summed E-state index contributed by atoms with van der Waals surface area (Å²) in [6, 6.07) is 8.23. The number of hydrogen-bond donors (Lipinski definition) is 5. The molecule has 1 aromatic rings. The third kappa shape index (κ3) is 4.39. The molecule has 20 heavy (non-hydrogen) atoms. The number of hydrogen-bond acceptors (Lipinski definition) is 6. The van der Waals surface area contributed by atoms with E-state index < -0.39 is 30.3 Å². The van der Waals surface area contributed by atoms with Crippen molar-refractivity contribution in [3.05, 3.63) is 35.9 Å². The maximum absolute atomic E-state index is 11.7. The Balaban J connectivity index is 2.49. The van der Waals surface area contributed by atoms with Gasteiger partial charge in [0.25, 0.3) is 5.91 Å². The van der Waals surface area contributed by atoms with Gasteiger partial charge in [0.05, 0.1) is 6.10 Å². The molecule has 0 heterocycles. The lowest BCUT2D eigenvalue weighted by atomic mass is 10.0. The maximum Gasteiger partial charge on any atom is 0.251 e. The molecule has 1 aromatic carbocycles. The molecule has 0 aliphatic carbocycles. The number of rotatable bonds is 7. The molecular formula is C13H17NO6. The first-order valence-corrected chi connectivity index (χ1v) is 5.98. The van der Waals surface area contributed by atoms with E-state index in [4.69, 9.17) is 5.11 Å². The number of aliphatic hydroxyl groups excluding tert-OH is 4. The van der Waals surface area contributed by atoms with Crippen LogP contribution in [0.2, 0.25) is 0 Å². The van der Waals surface area contributed by atoms with Crippen LogP contribution in [0.4, 0.5) is 0 Å². The molecule has 7 nitrogen and oxygen atoms in total. The summed E-state index contributed by atoms with van der Waals surface area (Å²) in [7, 11) is 0. The van der Waals surface area contributed by atoms with Crippen LogP contribution < -0.4 is 5.32 Å². The summed E-state index contributed by atoms with van der Waals surface area (Å²) in [6.45, 7) is -0.336. The van der Waals surface area contributed by atoms with Gasteiger partial charge in [-0.25, -0.2) is 0 Å². The van der Waals surface area contributed by atoms with Crippen molar-refractivity contribution in [1.29, 1.82) is 0 Å². The molecule has 4 atom stereocenters. The van der Waals surface area contributed by atoms with Crippen LogP contribution in [0.15, 0.2) is 30.3 Å². The Morgan fingerprint density at radius 3 is 2.25 bits per heavy atom. The lowest BCUT2D eigenvalue weighted by molar-refractivity contribution is -0.133. The topological polar surface area (TPSA) is 127 Å². The summed E-state index contributed by atoms with van der Waals surface area (Å²) >= 11 is 0. The Morgan fingerprint density at radius 2 is 1.70 bits per heavy atom. The third-order valence-corrected chi connectivity index (χ3v) is 2.74. The zero-order valence-electron chi connectivity index (χ0n) is 10.6. The average molecular weight is 283 g/mol. The fraction of sp³-hybridized carbons (Fsp3) is 0.385. The third-order valence-electron chi connectivity index (χ3n) is 2.74. The zero-order chi connectivity index (χ0) is 15.1. The molecular weight excluding hydrogens is 266 g/mol. The Bertz CT molecular complexity index is 438. The van der Waals surface area contributed by atoms with Gasteiger partial charge in [0.15, 0.2) is 6.29 Å². The molecule has 0 radical (unpaired) electrons. The van der Waals surface area contributed by atoms with E-state index in [1.807, 2.05) is 0 Å². The Labute approximate surface area is 115 Å². The van der Waals surface area contributed by atoms with Crippen molar-refractivity contribution in [3.8, 4) is 0 Å². The molecule has 7 heteroatoms. The van der Waals surface area contributed by atoms with Crippen molar-refractivity contribution < 1.29 is 30.0 Å². The highest BCUT2D eigenvalue weighted by Gasteiger charge is 2.30. The van der Waals surface area contributed by atoms with Gasteiger partial charge >= 0.3 is 0 Å². The number of carbonyl (C=O) groups is 2. The van der Waals surface area contributed by atoms with Gasteiger partial charge in [0.1, 0.15) is 18.3 Å². The minimum absolute atomic E-state index is 0.0448. The lowest BCUT2D eigenvalue weighted by Gasteiger charge is -2.24. The van der Waals surface area contributed by atoms with E-state index in [2.05, 4.69) is 5.32 Å². The predicted octanol–water partition coefficient (Wildman–Crippen LogP) is -1.94. The predicted molar refractivity (Wildman–Crippen MR) is 68.9 cm³/mol. The first-order chi connectivity index (χ1) is 9.47. The van der Waals surface area contributed by atoms with Crippen LogP contribution in [0.3, 0.4) is 0 Å². The summed E-state index contributed by atoms with van der Waals surface area (Å²) < 4.78 is 0. The van der Waals surface area contributed by atoms with Gasteiger partial charge in [0.2, 0.25) is 0 Å². The Hall–Kier alpha value is -1.80. The van der Waals surface area contributed by atoms with E-state index in [-0.39, 0.29) is 12.8 Å². The fourth-order valence-corrected chi connectivity index (χ4v) is 1.52. The van der Waals surface area contributed by atoms with E-state index >= 15 is 0 Å². The number of aliphatic hydroxyl groups is 4. The van der Waals surface area contributed by atoms with Crippen LogP contribution >= 0.6 is 0 Å². The molecule has 5 N–H and O–H groups in total. The van der Waals surface area contributed by atoms with Gasteiger partial charge in [-0.05, 0) is 12.1 Å². The number of benzene rings is 1. The van der Waals surface area contributed by atoms with Crippen LogP contribution in [-0.2, 0) is 4.79 Å². The van der Waals surface area contributed by atoms with Crippen molar-refractivity contribution in [1.82, 2.24) is 5.32 Å². The summed E-state index contributed by atoms with van der Waals surface area (Å²) in [5.74, 6) is -0.456. The zero-order valence-corrected chi connectivity index (χ0v) is 10.6. The van der Waals surface area contributed by atoms with E-state index in [1.54, 1.807) is 30.3 Å². The summed E-state index contributed by atoms with van der Waals surface area (Å²) in [5.41, 5.74) is 0.377. The van der Waals surface area contributed by atoms with Gasteiger partial charge < -0.3 is 30.5 Å². The largest absolute Gasteiger partial charge is 0.388 e.